The van der Waals surface area contributed by atoms with Crippen molar-refractivity contribution in [1.82, 2.24) is 4.98 Å². The number of hydrogen-bond donors (Lipinski definition) is 2. The van der Waals surface area contributed by atoms with E-state index < -0.39 is 11.9 Å². The summed E-state index contributed by atoms with van der Waals surface area (Å²) < 4.78 is 0. The van der Waals surface area contributed by atoms with Gasteiger partial charge in [0.2, 0.25) is 0 Å². The predicted octanol–water partition coefficient (Wildman–Crippen LogP) is -0.438. The normalized spacial score (nSPS) is 8.62. The van der Waals surface area contributed by atoms with Gasteiger partial charge < -0.3 is 10.2 Å². The molecule has 5 nitrogen and oxygen atoms in total. The average molecular weight is 209 g/mol. The molecule has 0 atom stereocenters. The number of rotatable bonds is 2. The zero-order chi connectivity index (χ0) is 9.14. The van der Waals surface area contributed by atoms with E-state index in [0.717, 1.165) is 0 Å². The van der Waals surface area contributed by atoms with E-state index in [0.29, 0.717) is 0 Å². The van der Waals surface area contributed by atoms with Crippen LogP contribution < -0.4 is 0 Å². The first kappa shape index (κ1) is 12.3. The molecule has 2 N–H and O–H groups in total. The quantitative estimate of drug-likeness (QED) is 0.645. The van der Waals surface area contributed by atoms with Crippen molar-refractivity contribution in [3.63, 3.8) is 0 Å². The molecule has 6 heteroatoms. The fraction of sp³-hybridized carbons (Fsp3) is 0. The summed E-state index contributed by atoms with van der Waals surface area (Å²) in [7, 11) is 0. The van der Waals surface area contributed by atoms with Crippen LogP contribution in [0.3, 0.4) is 0 Å². The van der Waals surface area contributed by atoms with Gasteiger partial charge in [-0.3, -0.25) is 0 Å². The van der Waals surface area contributed by atoms with Crippen molar-refractivity contribution in [3.05, 3.63) is 29.6 Å². The van der Waals surface area contributed by atoms with E-state index in [4.69, 9.17) is 10.2 Å². The summed E-state index contributed by atoms with van der Waals surface area (Å²) in [5.41, 5.74) is -0.537. The third kappa shape index (κ3) is 3.30. The average Bonchev–Trinajstić information content (AvgIpc) is 2.04. The van der Waals surface area contributed by atoms with Crippen molar-refractivity contribution in [2.45, 2.75) is 0 Å². The van der Waals surface area contributed by atoms with Crippen LogP contribution in [0.5, 0.6) is 0 Å². The van der Waals surface area contributed by atoms with E-state index in [9.17, 15) is 9.59 Å². The molecule has 1 rings (SSSR count). The van der Waals surface area contributed by atoms with Crippen molar-refractivity contribution in [2.75, 3.05) is 0 Å². The molecule has 0 bridgehead atoms. The second-order valence-electron chi connectivity index (χ2n) is 2.02. The minimum absolute atomic E-state index is 0. The maximum atomic E-state index is 10.3. The van der Waals surface area contributed by atoms with Gasteiger partial charge >= 0.3 is 49.7 Å². The van der Waals surface area contributed by atoms with Crippen LogP contribution in [0.25, 0.3) is 0 Å². The Kier molecular flexibility index (Phi) is 4.90. The zero-order valence-electron chi connectivity index (χ0n) is 5.89. The van der Waals surface area contributed by atoms with Gasteiger partial charge in [-0.15, -0.1) is 0 Å². The molecule has 0 amide bonds. The van der Waals surface area contributed by atoms with Crippen LogP contribution in [-0.2, 0) is 0 Å². The zero-order valence-corrected chi connectivity index (χ0v) is 5.89. The molecule has 0 aliphatic heterocycles. The van der Waals surface area contributed by atoms with Crippen LogP contribution in [-0.4, -0.2) is 64.9 Å². The van der Waals surface area contributed by atoms with Crippen molar-refractivity contribution < 1.29 is 19.8 Å². The number of carboxylic acids is 2. The molecule has 66 valence electrons. The Balaban J connectivity index is 0.00000144. The molecule has 1 aromatic rings. The van der Waals surface area contributed by atoms with Gasteiger partial charge in [0.1, 0.15) is 11.4 Å². The molecule has 0 unspecified atom stereocenters. The molecule has 0 fully saturated rings. The number of carbonyl (C=O) groups is 2. The summed E-state index contributed by atoms with van der Waals surface area (Å²) >= 11 is 0. The standard InChI is InChI=1S/C7H5NO4.Ca.2H/c9-6(10)4-2-1-3-5(8-4)7(11)12;;;/h1-3H,(H,9,10)(H,11,12);;;. The van der Waals surface area contributed by atoms with E-state index in [1.54, 1.807) is 0 Å². The molecule has 13 heavy (non-hydrogen) atoms. The van der Waals surface area contributed by atoms with E-state index >= 15 is 0 Å². The molecule has 0 radical (unpaired) electrons. The third-order valence-corrected chi connectivity index (χ3v) is 1.19. The Morgan fingerprint density at radius 3 is 1.77 bits per heavy atom. The summed E-state index contributed by atoms with van der Waals surface area (Å²) in [5, 5.41) is 16.9. The second-order valence-corrected chi connectivity index (χ2v) is 2.02. The number of carboxylic acid groups (broad SMARTS) is 2. The number of aromatic carboxylic acids is 2. The van der Waals surface area contributed by atoms with Gasteiger partial charge in [0.25, 0.3) is 0 Å². The van der Waals surface area contributed by atoms with E-state index in [-0.39, 0.29) is 49.1 Å². The Morgan fingerprint density at radius 1 is 1.08 bits per heavy atom. The molecule has 0 aliphatic carbocycles. The Labute approximate surface area is 103 Å². The van der Waals surface area contributed by atoms with E-state index in [1.807, 2.05) is 0 Å². The molecule has 1 heterocycles. The molecule has 0 spiro atoms. The van der Waals surface area contributed by atoms with Crippen LogP contribution in [0, 0.1) is 0 Å². The molecule has 0 saturated carbocycles. The minimum atomic E-state index is -1.24. The number of pyridine rings is 1. The van der Waals surface area contributed by atoms with Crippen molar-refractivity contribution in [2.24, 2.45) is 0 Å². The van der Waals surface area contributed by atoms with Crippen LogP contribution in [0.4, 0.5) is 0 Å². The maximum absolute atomic E-state index is 10.3. The second kappa shape index (κ2) is 5.16. The van der Waals surface area contributed by atoms with Crippen LogP contribution in [0.1, 0.15) is 21.0 Å². The molecule has 0 aliphatic rings. The third-order valence-electron chi connectivity index (χ3n) is 1.19. The van der Waals surface area contributed by atoms with Gasteiger partial charge in [-0.05, 0) is 12.1 Å². The van der Waals surface area contributed by atoms with Crippen LogP contribution in [0.2, 0.25) is 0 Å². The molecule has 0 saturated heterocycles. The molecule has 1 aromatic heterocycles. The van der Waals surface area contributed by atoms with Crippen molar-refractivity contribution in [3.8, 4) is 0 Å². The van der Waals surface area contributed by atoms with Crippen LogP contribution >= 0.6 is 0 Å². The SMILES string of the molecule is O=C(O)c1cccc(C(=O)O)n1.[CaH2]. The summed E-state index contributed by atoms with van der Waals surface area (Å²) in [5.74, 6) is -2.48. The summed E-state index contributed by atoms with van der Waals surface area (Å²) in [6.45, 7) is 0. The van der Waals surface area contributed by atoms with Gasteiger partial charge in [-0.1, -0.05) is 6.07 Å². The van der Waals surface area contributed by atoms with Gasteiger partial charge in [0.05, 0.1) is 0 Å². The van der Waals surface area contributed by atoms with Gasteiger partial charge in [0.15, 0.2) is 0 Å². The van der Waals surface area contributed by atoms with Crippen molar-refractivity contribution in [1.29, 1.82) is 0 Å². The first-order chi connectivity index (χ1) is 5.61. The molecular formula is C7H7CaNO4. The van der Waals surface area contributed by atoms with Crippen LogP contribution in [0.15, 0.2) is 18.2 Å². The Hall–Kier alpha value is -0.650. The summed E-state index contributed by atoms with van der Waals surface area (Å²) in [6, 6.07) is 3.80. The summed E-state index contributed by atoms with van der Waals surface area (Å²) in [6.07, 6.45) is 0. The first-order valence-corrected chi connectivity index (χ1v) is 3.05. The predicted molar refractivity (Wildman–Crippen MR) is 46.7 cm³/mol. The first-order valence-electron chi connectivity index (χ1n) is 3.05. The number of aromatic nitrogens is 1. The molecule has 0 aromatic carbocycles. The topological polar surface area (TPSA) is 87.5 Å². The molecular weight excluding hydrogens is 202 g/mol. The Morgan fingerprint density at radius 2 is 1.46 bits per heavy atom. The van der Waals surface area contributed by atoms with Gasteiger partial charge in [-0.2, -0.15) is 0 Å². The van der Waals surface area contributed by atoms with Gasteiger partial charge in [0, 0.05) is 0 Å². The monoisotopic (exact) mass is 209 g/mol. The fourth-order valence-electron chi connectivity index (χ4n) is 0.673. The number of nitrogens with zero attached hydrogens (tertiary/aromatic N) is 1. The van der Waals surface area contributed by atoms with E-state index in [1.165, 1.54) is 18.2 Å². The van der Waals surface area contributed by atoms with Crippen molar-refractivity contribution >= 4 is 49.7 Å². The summed E-state index contributed by atoms with van der Waals surface area (Å²) in [4.78, 5) is 24.0. The Bertz CT molecular complexity index is 310. The van der Waals surface area contributed by atoms with E-state index in [2.05, 4.69) is 4.98 Å². The number of hydrogen-bond acceptors (Lipinski definition) is 3. The fourth-order valence-corrected chi connectivity index (χ4v) is 0.673. The van der Waals surface area contributed by atoms with Gasteiger partial charge in [-0.25, -0.2) is 14.6 Å².